The molecule has 31 heavy (non-hydrogen) atoms. The van der Waals surface area contributed by atoms with Crippen molar-refractivity contribution in [3.05, 3.63) is 83.7 Å². The van der Waals surface area contributed by atoms with Gasteiger partial charge in [0.25, 0.3) is 0 Å². The molecule has 2 N–H and O–H groups in total. The van der Waals surface area contributed by atoms with Crippen LogP contribution in [-0.4, -0.2) is 23.4 Å². The molecule has 6 heteroatoms. The molecule has 0 aromatic heterocycles. The number of benzene rings is 3. The molecular formula is C25H26FNO4. The molecule has 0 spiro atoms. The lowest BCUT2D eigenvalue weighted by Gasteiger charge is -2.29. The zero-order chi connectivity index (χ0) is 21.8. The fraction of sp³-hybridized carbons (Fsp3) is 0.280. The summed E-state index contributed by atoms with van der Waals surface area (Å²) in [5, 5.41) is 19.2. The summed E-state index contributed by atoms with van der Waals surface area (Å²) in [7, 11) is 1.61. The van der Waals surface area contributed by atoms with Gasteiger partial charge in [-0.2, -0.15) is 0 Å². The van der Waals surface area contributed by atoms with Crippen LogP contribution in [0.5, 0.6) is 11.5 Å². The lowest BCUT2D eigenvalue weighted by molar-refractivity contribution is -0.0424. The molecule has 0 bridgehead atoms. The first-order valence-corrected chi connectivity index (χ1v) is 10.4. The highest BCUT2D eigenvalue weighted by Crippen LogP contribution is 2.38. The second-order valence-electron chi connectivity index (χ2n) is 7.69. The molecule has 1 fully saturated rings. The second-order valence-corrected chi connectivity index (χ2v) is 7.69. The van der Waals surface area contributed by atoms with Gasteiger partial charge in [-0.05, 0) is 61.2 Å². The Morgan fingerprint density at radius 3 is 2.42 bits per heavy atom. The molecule has 3 aromatic carbocycles. The van der Waals surface area contributed by atoms with Gasteiger partial charge in [0, 0.05) is 29.5 Å². The maximum absolute atomic E-state index is 13.8. The van der Waals surface area contributed by atoms with Crippen molar-refractivity contribution < 1.29 is 24.1 Å². The predicted octanol–water partition coefficient (Wildman–Crippen LogP) is 5.09. The third kappa shape index (κ3) is 4.98. The van der Waals surface area contributed by atoms with Crippen LogP contribution in [0.4, 0.5) is 15.8 Å². The van der Waals surface area contributed by atoms with E-state index < -0.39 is 6.29 Å². The van der Waals surface area contributed by atoms with Crippen molar-refractivity contribution >= 4 is 11.4 Å². The maximum Gasteiger partial charge on any atom is 0.178 e. The smallest absolute Gasteiger partial charge is 0.178 e. The van der Waals surface area contributed by atoms with Gasteiger partial charge in [0.1, 0.15) is 5.82 Å². The summed E-state index contributed by atoms with van der Waals surface area (Å²) in [4.78, 5) is 1.98. The van der Waals surface area contributed by atoms with Gasteiger partial charge in [0.05, 0.1) is 13.2 Å². The second kappa shape index (κ2) is 9.37. The third-order valence-electron chi connectivity index (χ3n) is 5.51. The molecule has 4 rings (SSSR count). The van der Waals surface area contributed by atoms with Crippen molar-refractivity contribution in [2.24, 2.45) is 0 Å². The minimum absolute atomic E-state index is 0.189. The van der Waals surface area contributed by atoms with Crippen LogP contribution in [0.3, 0.4) is 0 Å². The molecule has 0 amide bonds. The minimum Gasteiger partial charge on any atom is -0.493 e. The van der Waals surface area contributed by atoms with Crippen LogP contribution in [0, 0.1) is 5.82 Å². The highest BCUT2D eigenvalue weighted by molar-refractivity contribution is 5.67. The van der Waals surface area contributed by atoms with Gasteiger partial charge in [0.15, 0.2) is 17.8 Å². The summed E-state index contributed by atoms with van der Waals surface area (Å²) in [6, 6.07) is 19.1. The Morgan fingerprint density at radius 1 is 0.968 bits per heavy atom. The van der Waals surface area contributed by atoms with Crippen molar-refractivity contribution in [1.29, 1.82) is 0 Å². The predicted molar refractivity (Wildman–Crippen MR) is 117 cm³/mol. The number of nitrogens with zero attached hydrogens (tertiary/aromatic N) is 1. The Labute approximate surface area is 181 Å². The van der Waals surface area contributed by atoms with Crippen molar-refractivity contribution in [3.63, 3.8) is 0 Å². The summed E-state index contributed by atoms with van der Waals surface area (Å²) < 4.78 is 25.4. The standard InChI is InChI=1S/C25H26FNO4/c1-30-23-12-11-21(15-24(23)31-22-9-4-10-22)27(16-17-5-2-7-19(26)13-17)20-8-3-6-18(14-20)25(28)29/h2-3,5-8,11-15,22,25,28-29H,4,9-10,16H2,1H3. The molecule has 5 nitrogen and oxygen atoms in total. The highest BCUT2D eigenvalue weighted by atomic mass is 19.1. The van der Waals surface area contributed by atoms with Crippen molar-refractivity contribution in [2.75, 3.05) is 12.0 Å². The number of rotatable bonds is 8. The van der Waals surface area contributed by atoms with Gasteiger partial charge in [0.2, 0.25) is 0 Å². The Balaban J connectivity index is 1.74. The molecule has 0 atom stereocenters. The number of hydrogen-bond donors (Lipinski definition) is 2. The van der Waals surface area contributed by atoms with Crippen LogP contribution in [0.1, 0.15) is 36.7 Å². The van der Waals surface area contributed by atoms with Crippen molar-refractivity contribution in [2.45, 2.75) is 38.2 Å². The SMILES string of the molecule is COc1ccc(N(Cc2cccc(F)c2)c2cccc(C(O)O)c2)cc1OC1CCC1. The average Bonchev–Trinajstić information content (AvgIpc) is 2.74. The average molecular weight is 423 g/mol. The zero-order valence-corrected chi connectivity index (χ0v) is 17.4. The van der Waals surface area contributed by atoms with Crippen LogP contribution in [0.15, 0.2) is 66.7 Å². The van der Waals surface area contributed by atoms with Crippen LogP contribution in [0.25, 0.3) is 0 Å². The number of hydrogen-bond acceptors (Lipinski definition) is 5. The van der Waals surface area contributed by atoms with E-state index in [1.807, 2.05) is 35.2 Å². The van der Waals surface area contributed by atoms with E-state index in [0.717, 1.165) is 36.2 Å². The first-order chi connectivity index (χ1) is 15.0. The Kier molecular flexibility index (Phi) is 6.39. The van der Waals surface area contributed by atoms with Gasteiger partial charge in [-0.3, -0.25) is 0 Å². The maximum atomic E-state index is 13.8. The number of aliphatic hydroxyl groups excluding tert-OH is 1. The number of methoxy groups -OCH3 is 1. The van der Waals surface area contributed by atoms with E-state index in [-0.39, 0.29) is 11.9 Å². The molecule has 0 unspecified atom stereocenters. The van der Waals surface area contributed by atoms with E-state index in [0.29, 0.717) is 23.6 Å². The molecule has 3 aromatic rings. The first-order valence-electron chi connectivity index (χ1n) is 10.4. The van der Waals surface area contributed by atoms with Crippen LogP contribution < -0.4 is 14.4 Å². The van der Waals surface area contributed by atoms with E-state index in [1.165, 1.54) is 12.1 Å². The molecule has 0 heterocycles. The summed E-state index contributed by atoms with van der Waals surface area (Å²) in [6.45, 7) is 0.387. The minimum atomic E-state index is -1.58. The number of ether oxygens (including phenoxy) is 2. The fourth-order valence-electron chi connectivity index (χ4n) is 3.60. The van der Waals surface area contributed by atoms with Crippen molar-refractivity contribution in [3.8, 4) is 11.5 Å². The van der Waals surface area contributed by atoms with Gasteiger partial charge in [-0.25, -0.2) is 4.39 Å². The lowest BCUT2D eigenvalue weighted by atomic mass is 9.96. The lowest BCUT2D eigenvalue weighted by Crippen LogP contribution is -2.25. The molecule has 0 radical (unpaired) electrons. The summed E-state index contributed by atoms with van der Waals surface area (Å²) in [5.41, 5.74) is 2.73. The molecule has 162 valence electrons. The Bertz CT molecular complexity index is 1040. The topological polar surface area (TPSA) is 62.2 Å². The number of anilines is 2. The molecule has 0 aliphatic heterocycles. The first kappa shape index (κ1) is 21.2. The van der Waals surface area contributed by atoms with Crippen LogP contribution in [0.2, 0.25) is 0 Å². The molecule has 0 saturated heterocycles. The molecule has 1 aliphatic rings. The van der Waals surface area contributed by atoms with Gasteiger partial charge in [-0.15, -0.1) is 0 Å². The van der Waals surface area contributed by atoms with Gasteiger partial charge < -0.3 is 24.6 Å². The quantitative estimate of drug-likeness (QED) is 0.495. The van der Waals surface area contributed by atoms with Gasteiger partial charge >= 0.3 is 0 Å². The molecule has 1 saturated carbocycles. The Morgan fingerprint density at radius 2 is 1.74 bits per heavy atom. The summed E-state index contributed by atoms with van der Waals surface area (Å²) >= 11 is 0. The van der Waals surface area contributed by atoms with E-state index >= 15 is 0 Å². The normalized spacial score (nSPS) is 13.7. The van der Waals surface area contributed by atoms with Crippen LogP contribution in [-0.2, 0) is 6.54 Å². The fourth-order valence-corrected chi connectivity index (χ4v) is 3.60. The van der Waals surface area contributed by atoms with Crippen LogP contribution >= 0.6 is 0 Å². The van der Waals surface area contributed by atoms with E-state index in [4.69, 9.17) is 9.47 Å². The summed E-state index contributed by atoms with van der Waals surface area (Å²) in [5.74, 6) is 1.01. The summed E-state index contributed by atoms with van der Waals surface area (Å²) in [6.07, 6.45) is 1.82. The largest absolute Gasteiger partial charge is 0.493 e. The highest BCUT2D eigenvalue weighted by Gasteiger charge is 2.22. The molecular weight excluding hydrogens is 397 g/mol. The number of aliphatic hydroxyl groups is 2. The zero-order valence-electron chi connectivity index (χ0n) is 17.4. The number of halogens is 1. The van der Waals surface area contributed by atoms with Crippen molar-refractivity contribution in [1.82, 2.24) is 0 Å². The van der Waals surface area contributed by atoms with E-state index in [9.17, 15) is 14.6 Å². The monoisotopic (exact) mass is 423 g/mol. The van der Waals surface area contributed by atoms with E-state index in [2.05, 4.69) is 0 Å². The Hall–Kier alpha value is -3.09. The third-order valence-corrected chi connectivity index (χ3v) is 5.51. The van der Waals surface area contributed by atoms with E-state index in [1.54, 1.807) is 31.4 Å². The molecule has 1 aliphatic carbocycles. The van der Waals surface area contributed by atoms with Gasteiger partial charge in [-0.1, -0.05) is 24.3 Å².